The van der Waals surface area contributed by atoms with Gasteiger partial charge in [0.25, 0.3) is 0 Å². The SMILES string of the molecule is CC1(C)[C@@H](O)CC[C@]2(C)[C@H]3CC[C@@H]4[C@H]5[C@H](C(=O)/C=C\c6ccccn6)CC[C@]5(O)CC[C@@]4(C)[C@]3(C)CC[C@@H]12. The lowest BCUT2D eigenvalue weighted by Gasteiger charge is -2.72. The summed E-state index contributed by atoms with van der Waals surface area (Å²) in [4.78, 5) is 18.0. The molecule has 4 nitrogen and oxygen atoms in total. The largest absolute Gasteiger partial charge is 0.393 e. The Morgan fingerprint density at radius 2 is 1.68 bits per heavy atom. The first-order valence-corrected chi connectivity index (χ1v) is 15.4. The normalized spacial score (nSPS) is 49.6. The Hall–Kier alpha value is -1.52. The van der Waals surface area contributed by atoms with Gasteiger partial charge in [-0.3, -0.25) is 9.78 Å². The Morgan fingerprint density at radius 1 is 0.895 bits per heavy atom. The number of aromatic nitrogens is 1. The Bertz CT molecular complexity index is 1110. The summed E-state index contributed by atoms with van der Waals surface area (Å²) in [7, 11) is 0. The van der Waals surface area contributed by atoms with Gasteiger partial charge in [0.2, 0.25) is 0 Å². The lowest BCUT2D eigenvalue weighted by atomic mass is 9.33. The van der Waals surface area contributed by atoms with Crippen molar-refractivity contribution in [1.82, 2.24) is 4.98 Å². The average Bonchev–Trinajstić information content (AvgIpc) is 3.24. The number of carbonyl (C=O) groups excluding carboxylic acids is 1. The molecule has 5 saturated carbocycles. The van der Waals surface area contributed by atoms with Gasteiger partial charge in [0.1, 0.15) is 0 Å². The van der Waals surface area contributed by atoms with Crippen molar-refractivity contribution in [1.29, 1.82) is 0 Å². The minimum Gasteiger partial charge on any atom is -0.393 e. The number of fused-ring (bicyclic) bond motifs is 7. The predicted molar refractivity (Wildman–Crippen MR) is 151 cm³/mol. The van der Waals surface area contributed by atoms with Gasteiger partial charge in [0, 0.05) is 18.0 Å². The van der Waals surface area contributed by atoms with Gasteiger partial charge in [-0.25, -0.2) is 0 Å². The molecule has 5 fully saturated rings. The Kier molecular flexibility index (Phi) is 6.14. The summed E-state index contributed by atoms with van der Waals surface area (Å²) in [6.07, 6.45) is 15.3. The molecule has 5 aliphatic carbocycles. The van der Waals surface area contributed by atoms with Crippen LogP contribution in [0.2, 0.25) is 0 Å². The lowest BCUT2D eigenvalue weighted by Crippen LogP contribution is -2.67. The highest BCUT2D eigenvalue weighted by molar-refractivity contribution is 5.95. The number of allylic oxidation sites excluding steroid dienone is 1. The molecule has 0 spiro atoms. The van der Waals surface area contributed by atoms with Crippen LogP contribution in [0.5, 0.6) is 0 Å². The Labute approximate surface area is 229 Å². The van der Waals surface area contributed by atoms with Crippen LogP contribution in [-0.4, -0.2) is 32.7 Å². The summed E-state index contributed by atoms with van der Waals surface area (Å²) in [6, 6.07) is 5.76. The summed E-state index contributed by atoms with van der Waals surface area (Å²) in [5.41, 5.74) is 0.622. The van der Waals surface area contributed by atoms with Crippen LogP contribution in [0.3, 0.4) is 0 Å². The summed E-state index contributed by atoms with van der Waals surface area (Å²) in [6.45, 7) is 12.3. The quantitative estimate of drug-likeness (QED) is 0.429. The van der Waals surface area contributed by atoms with Crippen LogP contribution in [0.25, 0.3) is 6.08 Å². The number of hydrogen-bond donors (Lipinski definition) is 2. The van der Waals surface area contributed by atoms with Crippen molar-refractivity contribution in [3.8, 4) is 0 Å². The smallest absolute Gasteiger partial charge is 0.159 e. The van der Waals surface area contributed by atoms with E-state index in [1.165, 1.54) is 19.3 Å². The van der Waals surface area contributed by atoms with Crippen molar-refractivity contribution < 1.29 is 15.0 Å². The first kappa shape index (κ1) is 26.7. The molecule has 0 saturated heterocycles. The summed E-state index contributed by atoms with van der Waals surface area (Å²) in [5.74, 6) is 1.69. The Balaban J connectivity index is 1.32. The van der Waals surface area contributed by atoms with E-state index in [-0.39, 0.29) is 45.4 Å². The number of nitrogens with zero attached hydrogens (tertiary/aromatic N) is 1. The number of ketones is 1. The van der Waals surface area contributed by atoms with Crippen molar-refractivity contribution in [2.24, 2.45) is 51.2 Å². The molecule has 1 aromatic rings. The number of carbonyl (C=O) groups is 1. The summed E-state index contributed by atoms with van der Waals surface area (Å²) >= 11 is 0. The van der Waals surface area contributed by atoms with Crippen molar-refractivity contribution in [2.45, 2.75) is 111 Å². The van der Waals surface area contributed by atoms with Crippen LogP contribution in [0.15, 0.2) is 30.5 Å². The third-order valence-corrected chi connectivity index (χ3v) is 13.8. The zero-order valence-electron chi connectivity index (χ0n) is 24.2. The molecule has 1 heterocycles. The number of rotatable bonds is 3. The van der Waals surface area contributed by atoms with Crippen molar-refractivity contribution in [3.63, 3.8) is 0 Å². The van der Waals surface area contributed by atoms with Gasteiger partial charge in [-0.1, -0.05) is 40.7 Å². The molecule has 0 aromatic carbocycles. The summed E-state index contributed by atoms with van der Waals surface area (Å²) in [5, 5.41) is 22.9. The van der Waals surface area contributed by atoms with E-state index >= 15 is 0 Å². The van der Waals surface area contributed by atoms with E-state index in [9.17, 15) is 15.0 Å². The number of aliphatic hydroxyl groups excluding tert-OH is 1. The molecule has 2 N–H and O–H groups in total. The van der Waals surface area contributed by atoms with Crippen molar-refractivity contribution in [2.75, 3.05) is 0 Å². The molecule has 208 valence electrons. The maximum Gasteiger partial charge on any atom is 0.159 e. The van der Waals surface area contributed by atoms with Crippen LogP contribution >= 0.6 is 0 Å². The van der Waals surface area contributed by atoms with E-state index in [1.54, 1.807) is 12.3 Å². The molecule has 0 unspecified atom stereocenters. The fourth-order valence-electron chi connectivity index (χ4n) is 11.6. The molecule has 38 heavy (non-hydrogen) atoms. The van der Waals surface area contributed by atoms with Crippen LogP contribution in [0.1, 0.15) is 105 Å². The van der Waals surface area contributed by atoms with Gasteiger partial charge in [-0.15, -0.1) is 0 Å². The fourth-order valence-corrected chi connectivity index (χ4v) is 11.6. The minimum atomic E-state index is -0.704. The molecule has 0 bridgehead atoms. The second kappa shape index (κ2) is 8.74. The van der Waals surface area contributed by atoms with Crippen LogP contribution in [0.4, 0.5) is 0 Å². The maximum absolute atomic E-state index is 13.6. The zero-order valence-corrected chi connectivity index (χ0v) is 24.2. The highest BCUT2D eigenvalue weighted by Crippen LogP contribution is 2.76. The molecule has 5 aliphatic rings. The van der Waals surface area contributed by atoms with Gasteiger partial charge < -0.3 is 10.2 Å². The molecule has 4 heteroatoms. The lowest BCUT2D eigenvalue weighted by molar-refractivity contribution is -0.254. The van der Waals surface area contributed by atoms with E-state index in [0.717, 1.165) is 50.6 Å². The minimum absolute atomic E-state index is 0.0399. The monoisotopic (exact) mass is 519 g/mol. The fraction of sp³-hybridized carbons (Fsp3) is 0.765. The first-order valence-electron chi connectivity index (χ1n) is 15.4. The molecular formula is C34H49NO3. The van der Waals surface area contributed by atoms with Crippen LogP contribution in [0, 0.1) is 51.2 Å². The highest BCUT2D eigenvalue weighted by atomic mass is 16.3. The highest BCUT2D eigenvalue weighted by Gasteiger charge is 2.71. The number of pyridine rings is 1. The second-order valence-electron chi connectivity index (χ2n) is 15.3. The van der Waals surface area contributed by atoms with E-state index < -0.39 is 5.60 Å². The van der Waals surface area contributed by atoms with E-state index in [4.69, 9.17) is 0 Å². The topological polar surface area (TPSA) is 70.4 Å². The molecule has 6 rings (SSSR count). The molecule has 0 aliphatic heterocycles. The summed E-state index contributed by atoms with van der Waals surface area (Å²) < 4.78 is 0. The van der Waals surface area contributed by atoms with Crippen LogP contribution in [-0.2, 0) is 4.79 Å². The number of hydrogen-bond acceptors (Lipinski definition) is 4. The third-order valence-electron chi connectivity index (χ3n) is 13.8. The molecule has 10 atom stereocenters. The molecule has 1 aromatic heterocycles. The first-order chi connectivity index (χ1) is 17.9. The van der Waals surface area contributed by atoms with E-state index in [1.807, 2.05) is 24.3 Å². The molecular weight excluding hydrogens is 470 g/mol. The van der Waals surface area contributed by atoms with E-state index in [0.29, 0.717) is 17.8 Å². The second-order valence-corrected chi connectivity index (χ2v) is 15.3. The van der Waals surface area contributed by atoms with Gasteiger partial charge in [0.15, 0.2) is 5.78 Å². The third kappa shape index (κ3) is 3.54. The molecule has 0 amide bonds. The predicted octanol–water partition coefficient (Wildman–Crippen LogP) is 6.85. The van der Waals surface area contributed by atoms with Crippen LogP contribution < -0.4 is 0 Å². The van der Waals surface area contributed by atoms with Gasteiger partial charge >= 0.3 is 0 Å². The van der Waals surface area contributed by atoms with Gasteiger partial charge in [0.05, 0.1) is 17.4 Å². The van der Waals surface area contributed by atoms with Crippen molar-refractivity contribution in [3.05, 3.63) is 36.2 Å². The zero-order chi connectivity index (χ0) is 27.1. The van der Waals surface area contributed by atoms with Crippen molar-refractivity contribution >= 4 is 11.9 Å². The standard InChI is InChI=1S/C34H49NO3/c1-30(2)26-14-17-33(5)27(31(26,3)16-15-28(30)37)12-10-24-29-23(13-18-34(29,38)20-19-32(24,33)4)25(36)11-9-22-8-6-7-21-35-22/h6-9,11,21,23-24,26-29,37-38H,10,12-20H2,1-5H3/b11-9-/t23-,24+,26-,27+,28-,29+,31-,32+,33+,34-/m0/s1. The average molecular weight is 520 g/mol. The number of aliphatic hydroxyl groups is 2. The maximum atomic E-state index is 13.6. The molecule has 0 radical (unpaired) electrons. The van der Waals surface area contributed by atoms with Gasteiger partial charge in [-0.2, -0.15) is 0 Å². The Morgan fingerprint density at radius 3 is 2.42 bits per heavy atom. The van der Waals surface area contributed by atoms with E-state index in [2.05, 4.69) is 39.6 Å². The van der Waals surface area contributed by atoms with Gasteiger partial charge in [-0.05, 0) is 128 Å².